The molecule has 138 valence electrons. The van der Waals surface area contributed by atoms with Crippen LogP contribution in [-0.4, -0.2) is 56.4 Å². The summed E-state index contributed by atoms with van der Waals surface area (Å²) in [6, 6.07) is 4.94. The Bertz CT molecular complexity index is 720. The molecule has 0 radical (unpaired) electrons. The second kappa shape index (κ2) is 9.13. The van der Waals surface area contributed by atoms with Crippen LogP contribution in [0.3, 0.4) is 0 Å². The number of carbonyl (C=O) groups excluding carboxylic acids is 1. The number of non-ortho nitro benzene ring substituents is 1. The Morgan fingerprint density at radius 2 is 2.20 bits per heavy atom. The first-order valence-electron chi connectivity index (χ1n) is 7.70. The molecule has 11 heteroatoms. The standard InChI is InChI=1S/C14H20N4O5S2/c19-14(8-11-10-24-7-6-15-11)16-4-5-17-25(22,23)13-3-1-2-12(9-13)18(20)21/h1-3,9,11,15,17H,4-8,10H2,(H,16,19). The molecule has 1 unspecified atom stereocenters. The number of nitrogens with zero attached hydrogens (tertiary/aromatic N) is 1. The Kier molecular flexibility index (Phi) is 7.17. The van der Waals surface area contributed by atoms with E-state index in [1.54, 1.807) is 11.8 Å². The van der Waals surface area contributed by atoms with Crippen molar-refractivity contribution >= 4 is 33.4 Å². The summed E-state index contributed by atoms with van der Waals surface area (Å²) in [5.41, 5.74) is -0.297. The average Bonchev–Trinajstić information content (AvgIpc) is 2.60. The van der Waals surface area contributed by atoms with Crippen molar-refractivity contribution in [2.75, 3.05) is 31.1 Å². The van der Waals surface area contributed by atoms with Gasteiger partial charge in [0.15, 0.2) is 0 Å². The van der Waals surface area contributed by atoms with Gasteiger partial charge in [-0.1, -0.05) is 6.07 Å². The number of thioether (sulfide) groups is 1. The van der Waals surface area contributed by atoms with Gasteiger partial charge in [0.1, 0.15) is 0 Å². The van der Waals surface area contributed by atoms with Crippen molar-refractivity contribution in [1.29, 1.82) is 0 Å². The lowest BCUT2D eigenvalue weighted by Crippen LogP contribution is -2.42. The van der Waals surface area contributed by atoms with Crippen LogP contribution in [-0.2, 0) is 14.8 Å². The molecule has 2 rings (SSSR count). The number of carbonyl (C=O) groups is 1. The van der Waals surface area contributed by atoms with Gasteiger partial charge in [-0.25, -0.2) is 13.1 Å². The highest BCUT2D eigenvalue weighted by Gasteiger charge is 2.18. The molecule has 0 spiro atoms. The molecule has 1 fully saturated rings. The average molecular weight is 388 g/mol. The van der Waals surface area contributed by atoms with Gasteiger partial charge in [-0.05, 0) is 6.07 Å². The molecule has 0 aliphatic carbocycles. The van der Waals surface area contributed by atoms with Crippen LogP contribution in [0.15, 0.2) is 29.2 Å². The van der Waals surface area contributed by atoms with E-state index < -0.39 is 14.9 Å². The Balaban J connectivity index is 1.77. The first-order chi connectivity index (χ1) is 11.9. The van der Waals surface area contributed by atoms with E-state index in [1.165, 1.54) is 18.2 Å². The second-order valence-corrected chi connectivity index (χ2v) is 8.35. The lowest BCUT2D eigenvalue weighted by Gasteiger charge is -2.22. The molecule has 1 atom stereocenters. The van der Waals surface area contributed by atoms with Crippen LogP contribution in [0.25, 0.3) is 0 Å². The summed E-state index contributed by atoms with van der Waals surface area (Å²) in [7, 11) is -3.86. The zero-order valence-corrected chi connectivity index (χ0v) is 15.1. The molecule has 3 N–H and O–H groups in total. The topological polar surface area (TPSA) is 130 Å². The minimum atomic E-state index is -3.86. The fraction of sp³-hybridized carbons (Fsp3) is 0.500. The largest absolute Gasteiger partial charge is 0.355 e. The number of sulfonamides is 1. The van der Waals surface area contributed by atoms with E-state index in [-0.39, 0.29) is 35.6 Å². The van der Waals surface area contributed by atoms with Crippen molar-refractivity contribution in [3.05, 3.63) is 34.4 Å². The maximum Gasteiger partial charge on any atom is 0.270 e. The van der Waals surface area contributed by atoms with E-state index in [9.17, 15) is 23.3 Å². The zero-order chi connectivity index (χ0) is 18.3. The third-order valence-corrected chi connectivity index (χ3v) is 6.10. The first-order valence-corrected chi connectivity index (χ1v) is 10.3. The zero-order valence-electron chi connectivity index (χ0n) is 13.4. The highest BCUT2D eigenvalue weighted by molar-refractivity contribution is 7.99. The number of rotatable bonds is 8. The molecule has 1 heterocycles. The predicted octanol–water partition coefficient (Wildman–Crippen LogP) is 0.0844. The molecule has 9 nitrogen and oxygen atoms in total. The molecule has 1 aliphatic heterocycles. The van der Waals surface area contributed by atoms with Gasteiger partial charge in [-0.3, -0.25) is 14.9 Å². The van der Waals surface area contributed by atoms with Crippen molar-refractivity contribution in [2.45, 2.75) is 17.4 Å². The minimum Gasteiger partial charge on any atom is -0.355 e. The van der Waals surface area contributed by atoms with Gasteiger partial charge in [0.25, 0.3) is 5.69 Å². The van der Waals surface area contributed by atoms with E-state index in [2.05, 4.69) is 15.4 Å². The summed E-state index contributed by atoms with van der Waals surface area (Å²) in [6.45, 7) is 1.03. The van der Waals surface area contributed by atoms with Crippen LogP contribution in [0, 0.1) is 10.1 Å². The number of nitro benzene ring substituents is 1. The van der Waals surface area contributed by atoms with Crippen molar-refractivity contribution < 1.29 is 18.1 Å². The van der Waals surface area contributed by atoms with Crippen LogP contribution < -0.4 is 15.4 Å². The van der Waals surface area contributed by atoms with Gasteiger partial charge < -0.3 is 10.6 Å². The minimum absolute atomic E-state index is 0.00358. The number of nitro groups is 1. The predicted molar refractivity (Wildman–Crippen MR) is 95.0 cm³/mol. The summed E-state index contributed by atoms with van der Waals surface area (Å²) in [4.78, 5) is 21.7. The van der Waals surface area contributed by atoms with E-state index >= 15 is 0 Å². The summed E-state index contributed by atoms with van der Waals surface area (Å²) < 4.78 is 26.5. The number of amides is 1. The van der Waals surface area contributed by atoms with Crippen molar-refractivity contribution in [1.82, 2.24) is 15.4 Å². The molecule has 1 amide bonds. The van der Waals surface area contributed by atoms with E-state index in [0.29, 0.717) is 6.42 Å². The second-order valence-electron chi connectivity index (χ2n) is 5.43. The van der Waals surface area contributed by atoms with Gasteiger partial charge in [0.2, 0.25) is 15.9 Å². The van der Waals surface area contributed by atoms with Crippen molar-refractivity contribution in [2.24, 2.45) is 0 Å². The maximum absolute atomic E-state index is 12.1. The molecule has 1 saturated heterocycles. The molecule has 0 saturated carbocycles. The van der Waals surface area contributed by atoms with Crippen LogP contribution >= 0.6 is 11.8 Å². The normalized spacial score (nSPS) is 17.8. The van der Waals surface area contributed by atoms with Gasteiger partial charge in [0, 0.05) is 55.7 Å². The van der Waals surface area contributed by atoms with E-state index in [4.69, 9.17) is 0 Å². The van der Waals surface area contributed by atoms with Gasteiger partial charge in [-0.15, -0.1) is 0 Å². The van der Waals surface area contributed by atoms with Crippen molar-refractivity contribution in [3.8, 4) is 0 Å². The van der Waals surface area contributed by atoms with Crippen LogP contribution in [0.5, 0.6) is 0 Å². The maximum atomic E-state index is 12.1. The SMILES string of the molecule is O=C(CC1CSCCN1)NCCNS(=O)(=O)c1cccc([N+](=O)[O-])c1. The first kappa shape index (κ1) is 19.6. The fourth-order valence-corrected chi connectivity index (χ4v) is 4.30. The third kappa shape index (κ3) is 6.27. The summed E-state index contributed by atoms with van der Waals surface area (Å²) >= 11 is 1.80. The molecule has 1 aromatic rings. The van der Waals surface area contributed by atoms with Crippen molar-refractivity contribution in [3.63, 3.8) is 0 Å². The molecular formula is C14H20N4O5S2. The monoisotopic (exact) mass is 388 g/mol. The summed E-state index contributed by atoms with van der Waals surface area (Å²) in [5, 5.41) is 16.6. The molecule has 1 aromatic carbocycles. The van der Waals surface area contributed by atoms with Gasteiger partial charge in [-0.2, -0.15) is 11.8 Å². The molecular weight excluding hydrogens is 368 g/mol. The van der Waals surface area contributed by atoms with Crippen LogP contribution in [0.4, 0.5) is 5.69 Å². The lowest BCUT2D eigenvalue weighted by atomic mass is 10.2. The highest BCUT2D eigenvalue weighted by Crippen LogP contribution is 2.16. The Hall–Kier alpha value is -1.69. The Morgan fingerprint density at radius 1 is 1.40 bits per heavy atom. The Morgan fingerprint density at radius 3 is 2.88 bits per heavy atom. The number of hydrogen-bond acceptors (Lipinski definition) is 7. The highest BCUT2D eigenvalue weighted by atomic mass is 32.2. The van der Waals surface area contributed by atoms with E-state index in [0.717, 1.165) is 24.1 Å². The number of hydrogen-bond donors (Lipinski definition) is 3. The fourth-order valence-electron chi connectivity index (χ4n) is 2.28. The number of benzene rings is 1. The molecule has 25 heavy (non-hydrogen) atoms. The van der Waals surface area contributed by atoms with Gasteiger partial charge in [0.05, 0.1) is 9.82 Å². The third-order valence-electron chi connectivity index (χ3n) is 3.51. The lowest BCUT2D eigenvalue weighted by molar-refractivity contribution is -0.385. The quantitative estimate of drug-likeness (QED) is 0.327. The molecule has 0 aromatic heterocycles. The van der Waals surface area contributed by atoms with Gasteiger partial charge >= 0.3 is 0 Å². The molecule has 0 bridgehead atoms. The van der Waals surface area contributed by atoms with Crippen LogP contribution in [0.2, 0.25) is 0 Å². The summed E-state index contributed by atoms with van der Waals surface area (Å²) in [6.07, 6.45) is 0.352. The number of nitrogens with one attached hydrogen (secondary N) is 3. The molecule has 1 aliphatic rings. The van der Waals surface area contributed by atoms with E-state index in [1.807, 2.05) is 0 Å². The van der Waals surface area contributed by atoms with Crippen LogP contribution in [0.1, 0.15) is 6.42 Å². The smallest absolute Gasteiger partial charge is 0.270 e. The Labute approximate surface area is 150 Å². The summed E-state index contributed by atoms with van der Waals surface area (Å²) in [5.74, 6) is 1.78.